The normalized spacial score (nSPS) is 16.0. The van der Waals surface area contributed by atoms with E-state index in [1.807, 2.05) is 6.92 Å². The minimum atomic E-state index is -0.440. The SMILES string of the molecule is CCC(N)(I)CC(=O)OC. The van der Waals surface area contributed by atoms with Gasteiger partial charge in [-0.05, 0) is 6.42 Å². The maximum atomic E-state index is 10.7. The van der Waals surface area contributed by atoms with Gasteiger partial charge in [-0.1, -0.05) is 29.5 Å². The molecule has 0 radical (unpaired) electrons. The fourth-order valence-electron chi connectivity index (χ4n) is 0.437. The highest BCUT2D eigenvalue weighted by atomic mass is 127. The first-order chi connectivity index (χ1) is 4.52. The molecule has 4 heteroatoms. The fraction of sp³-hybridized carbons (Fsp3) is 0.833. The van der Waals surface area contributed by atoms with Crippen LogP contribution in [0.5, 0.6) is 0 Å². The van der Waals surface area contributed by atoms with E-state index in [1.54, 1.807) is 0 Å². The molecule has 0 bridgehead atoms. The molecule has 0 heterocycles. The van der Waals surface area contributed by atoms with Gasteiger partial charge in [0.2, 0.25) is 0 Å². The maximum Gasteiger partial charge on any atom is 0.308 e. The third-order valence-electron chi connectivity index (χ3n) is 1.25. The van der Waals surface area contributed by atoms with E-state index in [0.29, 0.717) is 0 Å². The lowest BCUT2D eigenvalue weighted by Gasteiger charge is -2.17. The van der Waals surface area contributed by atoms with Crippen molar-refractivity contribution in [2.75, 3.05) is 7.11 Å². The molecule has 0 rings (SSSR count). The Hall–Kier alpha value is 0.160. The molecule has 0 aliphatic heterocycles. The third-order valence-corrected chi connectivity index (χ3v) is 2.40. The second-order valence-corrected chi connectivity index (χ2v) is 4.29. The molecule has 2 N–H and O–H groups in total. The standard InChI is InChI=1S/C6H12INO2/c1-3-6(7,8)4-5(9)10-2/h3-4,8H2,1-2H3. The number of ether oxygens (including phenoxy) is 1. The van der Waals surface area contributed by atoms with Crippen LogP contribution in [0.1, 0.15) is 19.8 Å². The number of hydrogen-bond acceptors (Lipinski definition) is 3. The minimum Gasteiger partial charge on any atom is -0.469 e. The number of rotatable bonds is 3. The van der Waals surface area contributed by atoms with Gasteiger partial charge < -0.3 is 10.5 Å². The Balaban J connectivity index is 3.76. The van der Waals surface area contributed by atoms with Crippen LogP contribution >= 0.6 is 22.6 Å². The van der Waals surface area contributed by atoms with E-state index >= 15 is 0 Å². The van der Waals surface area contributed by atoms with Crippen LogP contribution < -0.4 is 5.73 Å². The number of nitrogens with two attached hydrogens (primary N) is 1. The Kier molecular flexibility index (Phi) is 4.19. The number of carbonyl (C=O) groups is 1. The Morgan fingerprint density at radius 3 is 2.60 bits per heavy atom. The number of hydrogen-bond donors (Lipinski definition) is 1. The van der Waals surface area contributed by atoms with Crippen molar-refractivity contribution in [2.45, 2.75) is 23.3 Å². The Morgan fingerprint density at radius 1 is 1.80 bits per heavy atom. The number of alkyl halides is 1. The van der Waals surface area contributed by atoms with Crippen molar-refractivity contribution < 1.29 is 9.53 Å². The van der Waals surface area contributed by atoms with Gasteiger partial charge in [0.25, 0.3) is 0 Å². The van der Waals surface area contributed by atoms with Gasteiger partial charge in [-0.25, -0.2) is 0 Å². The smallest absolute Gasteiger partial charge is 0.308 e. The molecule has 0 aromatic carbocycles. The Bertz CT molecular complexity index is 125. The molecule has 0 amide bonds. The monoisotopic (exact) mass is 257 g/mol. The largest absolute Gasteiger partial charge is 0.469 e. The average Bonchev–Trinajstić information content (AvgIpc) is 1.87. The van der Waals surface area contributed by atoms with E-state index in [1.165, 1.54) is 7.11 Å². The summed E-state index contributed by atoms with van der Waals surface area (Å²) in [6.07, 6.45) is 1.04. The number of carbonyl (C=O) groups excluding carboxylic acids is 1. The molecule has 0 aliphatic carbocycles. The summed E-state index contributed by atoms with van der Waals surface area (Å²) in [6.45, 7) is 1.94. The fourth-order valence-corrected chi connectivity index (χ4v) is 0.749. The summed E-state index contributed by atoms with van der Waals surface area (Å²) in [5, 5.41) is 0. The van der Waals surface area contributed by atoms with Crippen molar-refractivity contribution in [3.8, 4) is 0 Å². The molecule has 60 valence electrons. The summed E-state index contributed by atoms with van der Waals surface area (Å²) in [6, 6.07) is 0. The van der Waals surface area contributed by atoms with Crippen molar-refractivity contribution in [2.24, 2.45) is 5.73 Å². The van der Waals surface area contributed by atoms with Crippen molar-refractivity contribution >= 4 is 28.6 Å². The van der Waals surface area contributed by atoms with Gasteiger partial charge in [0.15, 0.2) is 0 Å². The minimum absolute atomic E-state index is 0.251. The zero-order chi connectivity index (χ0) is 8.20. The lowest BCUT2D eigenvalue weighted by atomic mass is 10.2. The van der Waals surface area contributed by atoms with Crippen LogP contribution in [0.2, 0.25) is 0 Å². The van der Waals surface area contributed by atoms with E-state index in [0.717, 1.165) is 6.42 Å². The summed E-state index contributed by atoms with van der Waals surface area (Å²) in [7, 11) is 1.37. The molecule has 10 heavy (non-hydrogen) atoms. The van der Waals surface area contributed by atoms with Crippen molar-refractivity contribution in [3.05, 3.63) is 0 Å². The first-order valence-electron chi connectivity index (χ1n) is 3.06. The molecule has 0 fully saturated rings. The molecule has 1 unspecified atom stereocenters. The average molecular weight is 257 g/mol. The van der Waals surface area contributed by atoms with Crippen LogP contribution in [0.15, 0.2) is 0 Å². The first kappa shape index (κ1) is 10.2. The predicted octanol–water partition coefficient (Wildman–Crippen LogP) is 1.05. The van der Waals surface area contributed by atoms with Gasteiger partial charge in [-0.15, -0.1) is 0 Å². The van der Waals surface area contributed by atoms with Gasteiger partial charge in [0.05, 0.1) is 17.1 Å². The quantitative estimate of drug-likeness (QED) is 0.356. The maximum absolute atomic E-state index is 10.7. The number of methoxy groups -OCH3 is 1. The summed E-state index contributed by atoms with van der Waals surface area (Å²) in [5.41, 5.74) is 5.68. The third kappa shape index (κ3) is 4.05. The molecule has 3 nitrogen and oxygen atoms in total. The van der Waals surface area contributed by atoms with Crippen LogP contribution in [0.4, 0.5) is 0 Å². The molecule has 0 aromatic rings. The Labute approximate surface area is 74.4 Å². The second kappa shape index (κ2) is 4.12. The lowest BCUT2D eigenvalue weighted by molar-refractivity contribution is -0.141. The van der Waals surface area contributed by atoms with Gasteiger partial charge >= 0.3 is 5.97 Å². The van der Waals surface area contributed by atoms with Crippen molar-refractivity contribution in [3.63, 3.8) is 0 Å². The first-order valence-corrected chi connectivity index (χ1v) is 4.14. The molecule has 0 spiro atoms. The van der Waals surface area contributed by atoms with Crippen LogP contribution in [0.3, 0.4) is 0 Å². The van der Waals surface area contributed by atoms with Crippen molar-refractivity contribution in [1.82, 2.24) is 0 Å². The number of esters is 1. The summed E-state index contributed by atoms with van der Waals surface area (Å²) in [5.74, 6) is -0.251. The van der Waals surface area contributed by atoms with Crippen LogP contribution in [0.25, 0.3) is 0 Å². The summed E-state index contributed by atoms with van der Waals surface area (Å²) < 4.78 is 4.02. The van der Waals surface area contributed by atoms with Gasteiger partial charge in [0.1, 0.15) is 0 Å². The topological polar surface area (TPSA) is 52.3 Å². The molecule has 0 aliphatic rings. The molecule has 0 saturated heterocycles. The van der Waals surface area contributed by atoms with Crippen LogP contribution in [-0.4, -0.2) is 16.6 Å². The molecular weight excluding hydrogens is 245 g/mol. The highest BCUT2D eigenvalue weighted by molar-refractivity contribution is 14.1. The van der Waals surface area contributed by atoms with E-state index in [9.17, 15) is 4.79 Å². The van der Waals surface area contributed by atoms with Gasteiger partial charge in [-0.3, -0.25) is 4.79 Å². The van der Waals surface area contributed by atoms with E-state index in [4.69, 9.17) is 5.73 Å². The van der Waals surface area contributed by atoms with Gasteiger partial charge in [0, 0.05) is 0 Å². The van der Waals surface area contributed by atoms with Gasteiger partial charge in [-0.2, -0.15) is 0 Å². The molecule has 0 aromatic heterocycles. The molecular formula is C6H12INO2. The summed E-state index contributed by atoms with van der Waals surface area (Å²) >= 11 is 2.06. The lowest BCUT2D eigenvalue weighted by Crippen LogP contribution is -2.34. The second-order valence-electron chi connectivity index (χ2n) is 2.14. The predicted molar refractivity (Wildman–Crippen MR) is 47.9 cm³/mol. The number of halogens is 1. The van der Waals surface area contributed by atoms with Crippen LogP contribution in [-0.2, 0) is 9.53 Å². The van der Waals surface area contributed by atoms with E-state index < -0.39 is 3.55 Å². The highest BCUT2D eigenvalue weighted by Gasteiger charge is 2.22. The van der Waals surface area contributed by atoms with E-state index in [-0.39, 0.29) is 12.4 Å². The zero-order valence-electron chi connectivity index (χ0n) is 6.19. The molecule has 0 saturated carbocycles. The van der Waals surface area contributed by atoms with Crippen molar-refractivity contribution in [1.29, 1.82) is 0 Å². The molecule has 1 atom stereocenters. The van der Waals surface area contributed by atoms with E-state index in [2.05, 4.69) is 27.3 Å². The zero-order valence-corrected chi connectivity index (χ0v) is 8.34. The summed E-state index contributed by atoms with van der Waals surface area (Å²) in [4.78, 5) is 10.7. The Morgan fingerprint density at radius 2 is 2.30 bits per heavy atom. The highest BCUT2D eigenvalue weighted by Crippen LogP contribution is 2.20. The van der Waals surface area contributed by atoms with Crippen LogP contribution in [0, 0.1) is 0 Å².